The molecule has 0 aliphatic carbocycles. The van der Waals surface area contributed by atoms with Crippen LogP contribution in [-0.4, -0.2) is 24.0 Å². The number of nitrogens with one attached hydrogen (secondary N) is 1. The van der Waals surface area contributed by atoms with Gasteiger partial charge in [-0.05, 0) is 18.2 Å². The number of nitro benzene ring substituents is 1. The molecule has 1 N–H and O–H groups in total. The minimum atomic E-state index is -1.08. The molecule has 28 heavy (non-hydrogen) atoms. The number of rotatable bonds is 4. The number of carbonyl (C=O) groups is 1. The Bertz CT molecular complexity index is 1030. The summed E-state index contributed by atoms with van der Waals surface area (Å²) in [5, 5.41) is 22.7. The Morgan fingerprint density at radius 3 is 2.39 bits per heavy atom. The van der Waals surface area contributed by atoms with E-state index in [4.69, 9.17) is 9.47 Å². The lowest BCUT2D eigenvalue weighted by Crippen LogP contribution is -2.18. The Morgan fingerprint density at radius 1 is 1.21 bits per heavy atom. The smallest absolute Gasteiger partial charge is 0.296 e. The van der Waals surface area contributed by atoms with Crippen LogP contribution in [0.2, 0.25) is 0 Å². The van der Waals surface area contributed by atoms with Gasteiger partial charge in [-0.15, -0.1) is 0 Å². The molecule has 0 atom stereocenters. The van der Waals surface area contributed by atoms with E-state index in [2.05, 4.69) is 5.32 Å². The van der Waals surface area contributed by atoms with E-state index in [-0.39, 0.29) is 30.4 Å². The van der Waals surface area contributed by atoms with Gasteiger partial charge in [0.05, 0.1) is 11.0 Å². The first-order valence-corrected chi connectivity index (χ1v) is 7.86. The average molecular weight is 387 g/mol. The van der Waals surface area contributed by atoms with Gasteiger partial charge in [-0.3, -0.25) is 14.9 Å². The molecule has 0 bridgehead atoms. The van der Waals surface area contributed by atoms with Crippen LogP contribution in [0.3, 0.4) is 0 Å². The van der Waals surface area contributed by atoms with Crippen LogP contribution in [0.25, 0.3) is 6.08 Å². The second-order valence-corrected chi connectivity index (χ2v) is 5.53. The first kappa shape index (κ1) is 18.8. The van der Waals surface area contributed by atoms with Crippen molar-refractivity contribution in [3.05, 3.63) is 63.2 Å². The molecule has 2 aromatic carbocycles. The zero-order valence-electron chi connectivity index (χ0n) is 14.1. The number of anilines is 1. The summed E-state index contributed by atoms with van der Waals surface area (Å²) in [4.78, 5) is 22.9. The van der Waals surface area contributed by atoms with Gasteiger partial charge in [-0.25, -0.2) is 8.78 Å². The van der Waals surface area contributed by atoms with E-state index in [1.54, 1.807) is 0 Å². The standard InChI is InChI=1S/C18H11F2N3O5/c19-12-2-1-3-13(20)11(12)6-10(9-21)18(24)22-14-7-16-17(28-5-4-27-16)8-15(14)23(25)26/h1-3,6-8H,4-5H2,(H,22,24). The highest BCUT2D eigenvalue weighted by atomic mass is 19.1. The Morgan fingerprint density at radius 2 is 1.82 bits per heavy atom. The first-order valence-electron chi connectivity index (χ1n) is 7.86. The first-order chi connectivity index (χ1) is 13.4. The molecule has 1 heterocycles. The molecule has 1 aliphatic rings. The summed E-state index contributed by atoms with van der Waals surface area (Å²) in [7, 11) is 0. The van der Waals surface area contributed by atoms with Crippen LogP contribution in [0.1, 0.15) is 5.56 Å². The highest BCUT2D eigenvalue weighted by molar-refractivity contribution is 6.10. The van der Waals surface area contributed by atoms with Crippen LogP contribution < -0.4 is 14.8 Å². The van der Waals surface area contributed by atoms with Gasteiger partial charge in [0.25, 0.3) is 11.6 Å². The topological polar surface area (TPSA) is 114 Å². The van der Waals surface area contributed by atoms with Gasteiger partial charge in [-0.1, -0.05) is 6.07 Å². The van der Waals surface area contributed by atoms with Crippen molar-refractivity contribution in [3.63, 3.8) is 0 Å². The maximum Gasteiger partial charge on any atom is 0.296 e. The van der Waals surface area contributed by atoms with Crippen molar-refractivity contribution in [3.8, 4) is 17.6 Å². The minimum Gasteiger partial charge on any atom is -0.486 e. The fourth-order valence-corrected chi connectivity index (χ4v) is 2.46. The van der Waals surface area contributed by atoms with Gasteiger partial charge >= 0.3 is 0 Å². The molecule has 10 heteroatoms. The average Bonchev–Trinajstić information content (AvgIpc) is 2.67. The maximum absolute atomic E-state index is 13.8. The Labute approximate surface area is 156 Å². The number of hydrogen-bond acceptors (Lipinski definition) is 6. The van der Waals surface area contributed by atoms with E-state index >= 15 is 0 Å². The molecular formula is C18H11F2N3O5. The molecule has 1 amide bonds. The third kappa shape index (κ3) is 3.73. The Kier molecular flexibility index (Phi) is 5.17. The molecule has 1 aliphatic heterocycles. The predicted octanol–water partition coefficient (Wildman–Crippen LogP) is 3.19. The summed E-state index contributed by atoms with van der Waals surface area (Å²) < 4.78 is 38.1. The van der Waals surface area contributed by atoms with Crippen molar-refractivity contribution in [1.82, 2.24) is 0 Å². The number of nitro groups is 1. The number of amides is 1. The van der Waals surface area contributed by atoms with Crippen LogP contribution in [0, 0.1) is 33.1 Å². The highest BCUT2D eigenvalue weighted by Crippen LogP contribution is 2.39. The molecule has 3 rings (SSSR count). The van der Waals surface area contributed by atoms with Crippen LogP contribution in [0.4, 0.5) is 20.2 Å². The van der Waals surface area contributed by atoms with Gasteiger partial charge in [0, 0.05) is 11.6 Å². The summed E-state index contributed by atoms with van der Waals surface area (Å²) in [6, 6.07) is 6.85. The van der Waals surface area contributed by atoms with Crippen molar-refractivity contribution in [2.45, 2.75) is 0 Å². The predicted molar refractivity (Wildman–Crippen MR) is 92.7 cm³/mol. The van der Waals surface area contributed by atoms with Gasteiger partial charge in [0.2, 0.25) is 0 Å². The fraction of sp³-hybridized carbons (Fsp3) is 0.111. The van der Waals surface area contributed by atoms with E-state index < -0.39 is 39.3 Å². The molecular weight excluding hydrogens is 376 g/mol. The number of nitrogens with zero attached hydrogens (tertiary/aromatic N) is 2. The fourth-order valence-electron chi connectivity index (χ4n) is 2.46. The van der Waals surface area contributed by atoms with Crippen molar-refractivity contribution >= 4 is 23.4 Å². The molecule has 8 nitrogen and oxygen atoms in total. The molecule has 142 valence electrons. The molecule has 0 aromatic heterocycles. The lowest BCUT2D eigenvalue weighted by atomic mass is 10.1. The molecule has 0 fully saturated rings. The molecule has 2 aromatic rings. The largest absolute Gasteiger partial charge is 0.486 e. The molecule has 0 saturated heterocycles. The van der Waals surface area contributed by atoms with Crippen molar-refractivity contribution in [1.29, 1.82) is 5.26 Å². The quantitative estimate of drug-likeness (QED) is 0.373. The molecule has 0 saturated carbocycles. The maximum atomic E-state index is 13.8. The van der Waals surface area contributed by atoms with Crippen molar-refractivity contribution in [2.75, 3.05) is 18.5 Å². The van der Waals surface area contributed by atoms with Crippen LogP contribution in [0.15, 0.2) is 35.9 Å². The zero-order valence-corrected chi connectivity index (χ0v) is 14.1. The minimum absolute atomic E-state index is 0.139. The second kappa shape index (κ2) is 7.71. The zero-order chi connectivity index (χ0) is 20.3. The second-order valence-electron chi connectivity index (χ2n) is 5.53. The summed E-state index contributed by atoms with van der Waals surface area (Å²) in [6.45, 7) is 0.430. The number of hydrogen-bond donors (Lipinski definition) is 1. The van der Waals surface area contributed by atoms with Crippen molar-refractivity contribution < 1.29 is 28.0 Å². The van der Waals surface area contributed by atoms with E-state index in [0.717, 1.165) is 30.3 Å². The number of fused-ring (bicyclic) bond motifs is 1. The molecule has 0 spiro atoms. The van der Waals surface area contributed by atoms with Gasteiger partial charge in [0.1, 0.15) is 42.2 Å². The van der Waals surface area contributed by atoms with Crippen molar-refractivity contribution in [2.24, 2.45) is 0 Å². The number of ether oxygens (including phenoxy) is 2. The highest BCUT2D eigenvalue weighted by Gasteiger charge is 2.24. The van der Waals surface area contributed by atoms with Gasteiger partial charge in [-0.2, -0.15) is 5.26 Å². The SMILES string of the molecule is N#CC(=Cc1c(F)cccc1F)C(=O)Nc1cc2c(cc1[N+](=O)[O-])OCCO2. The normalized spacial score (nSPS) is 12.8. The third-order valence-corrected chi connectivity index (χ3v) is 3.76. The summed E-state index contributed by atoms with van der Waals surface area (Å²) in [6.07, 6.45) is 0.726. The lowest BCUT2D eigenvalue weighted by Gasteiger charge is -2.19. The number of carbonyl (C=O) groups excluding carboxylic acids is 1. The van der Waals surface area contributed by atoms with Gasteiger partial charge in [0.15, 0.2) is 11.5 Å². The number of benzene rings is 2. The summed E-state index contributed by atoms with van der Waals surface area (Å²) in [5.74, 6) is -2.70. The monoisotopic (exact) mass is 387 g/mol. The van der Waals surface area contributed by atoms with Gasteiger partial charge < -0.3 is 14.8 Å². The van der Waals surface area contributed by atoms with Crippen LogP contribution in [-0.2, 0) is 4.79 Å². The van der Waals surface area contributed by atoms with E-state index in [1.807, 2.05) is 0 Å². The lowest BCUT2D eigenvalue weighted by molar-refractivity contribution is -0.384. The Balaban J connectivity index is 1.96. The molecule has 0 radical (unpaired) electrons. The third-order valence-electron chi connectivity index (χ3n) is 3.76. The summed E-state index contributed by atoms with van der Waals surface area (Å²) in [5.41, 5.74) is -1.97. The van der Waals surface area contributed by atoms with Crippen LogP contribution >= 0.6 is 0 Å². The number of halogens is 2. The Hall–Kier alpha value is -4.00. The molecule has 0 unspecified atom stereocenters. The van der Waals surface area contributed by atoms with E-state index in [9.17, 15) is 29.0 Å². The van der Waals surface area contributed by atoms with E-state index in [0.29, 0.717) is 0 Å². The van der Waals surface area contributed by atoms with E-state index in [1.165, 1.54) is 12.1 Å². The van der Waals surface area contributed by atoms with Crippen LogP contribution in [0.5, 0.6) is 11.5 Å². The summed E-state index contributed by atoms with van der Waals surface area (Å²) >= 11 is 0. The number of nitriles is 1.